The minimum atomic E-state index is -0.525. The fourth-order valence-corrected chi connectivity index (χ4v) is 5.64. The zero-order chi connectivity index (χ0) is 26.1. The first-order valence-corrected chi connectivity index (χ1v) is 12.9. The highest BCUT2D eigenvalue weighted by Crippen LogP contribution is 2.48. The standard InChI is InChI=1S/C28H29ClN4O4/c1-17-23(28(34)37-15-14-18-10-12-21(29)13-11-18)24(20-8-5-9-22(16-20)33(35)36)25-26(19-6-3-4-7-19)31-32(2)27(25)30-17/h5,8-13,16,19,24,30H,3-4,6-7,14-15H2,1-2H3. The van der Waals surface area contributed by atoms with E-state index in [1.165, 1.54) is 6.07 Å². The van der Waals surface area contributed by atoms with Crippen LogP contribution in [0.1, 0.15) is 66.8 Å². The Labute approximate surface area is 220 Å². The van der Waals surface area contributed by atoms with E-state index in [0.29, 0.717) is 34.2 Å². The van der Waals surface area contributed by atoms with Crippen LogP contribution in [-0.4, -0.2) is 27.3 Å². The van der Waals surface area contributed by atoms with E-state index in [4.69, 9.17) is 21.4 Å². The fraction of sp³-hybridized carbons (Fsp3) is 0.357. The number of aromatic nitrogens is 2. The minimum Gasteiger partial charge on any atom is -0.462 e. The summed E-state index contributed by atoms with van der Waals surface area (Å²) in [5.41, 5.74) is 4.64. The van der Waals surface area contributed by atoms with E-state index in [0.717, 1.165) is 48.3 Å². The van der Waals surface area contributed by atoms with Crippen molar-refractivity contribution in [3.05, 3.63) is 97.3 Å². The van der Waals surface area contributed by atoms with Gasteiger partial charge in [0.25, 0.3) is 5.69 Å². The SMILES string of the molecule is CC1=C(C(=O)OCCc2ccc(Cl)cc2)C(c2cccc([N+](=O)[O-])c2)c2c(C3CCCC3)nn(C)c2N1. The first-order chi connectivity index (χ1) is 17.8. The van der Waals surface area contributed by atoms with Gasteiger partial charge in [-0.2, -0.15) is 5.10 Å². The Morgan fingerprint density at radius 2 is 1.95 bits per heavy atom. The van der Waals surface area contributed by atoms with Crippen LogP contribution in [0.2, 0.25) is 5.02 Å². The maximum atomic E-state index is 13.6. The van der Waals surface area contributed by atoms with Crippen LogP contribution in [0.3, 0.4) is 0 Å². The molecule has 9 heteroatoms. The van der Waals surface area contributed by atoms with Gasteiger partial charge in [0, 0.05) is 53.7 Å². The molecule has 0 amide bonds. The number of carbonyl (C=O) groups is 1. The lowest BCUT2D eigenvalue weighted by Gasteiger charge is -2.29. The minimum absolute atomic E-state index is 0.0167. The quantitative estimate of drug-likeness (QED) is 0.224. The van der Waals surface area contributed by atoms with Gasteiger partial charge < -0.3 is 10.1 Å². The number of non-ortho nitro benzene ring substituents is 1. The van der Waals surface area contributed by atoms with Gasteiger partial charge >= 0.3 is 5.97 Å². The van der Waals surface area contributed by atoms with Crippen LogP contribution in [-0.2, 0) is 23.0 Å². The summed E-state index contributed by atoms with van der Waals surface area (Å²) in [5.74, 6) is 0.137. The van der Waals surface area contributed by atoms with Crippen molar-refractivity contribution in [2.24, 2.45) is 7.05 Å². The molecule has 0 bridgehead atoms. The van der Waals surface area contributed by atoms with Crippen molar-refractivity contribution < 1.29 is 14.5 Å². The summed E-state index contributed by atoms with van der Waals surface area (Å²) < 4.78 is 7.59. The number of hydrogen-bond donors (Lipinski definition) is 1. The van der Waals surface area contributed by atoms with Crippen molar-refractivity contribution in [1.29, 1.82) is 0 Å². The fourth-order valence-electron chi connectivity index (χ4n) is 5.51. The first kappa shape index (κ1) is 25.0. The Morgan fingerprint density at radius 1 is 1.22 bits per heavy atom. The van der Waals surface area contributed by atoms with Crippen LogP contribution in [0.25, 0.3) is 0 Å². The molecule has 1 fully saturated rings. The van der Waals surface area contributed by atoms with E-state index < -0.39 is 16.8 Å². The first-order valence-electron chi connectivity index (χ1n) is 12.5. The summed E-state index contributed by atoms with van der Waals surface area (Å²) in [4.78, 5) is 24.8. The Hall–Kier alpha value is -3.65. The summed E-state index contributed by atoms with van der Waals surface area (Å²) in [6.45, 7) is 2.04. The van der Waals surface area contributed by atoms with Gasteiger partial charge in [-0.25, -0.2) is 4.79 Å². The summed E-state index contributed by atoms with van der Waals surface area (Å²) in [6, 6.07) is 14.0. The topological polar surface area (TPSA) is 99.3 Å². The number of nitro groups is 1. The van der Waals surface area contributed by atoms with Crippen molar-refractivity contribution in [3.63, 3.8) is 0 Å². The van der Waals surface area contributed by atoms with Gasteiger partial charge in [-0.05, 0) is 43.0 Å². The van der Waals surface area contributed by atoms with Crippen molar-refractivity contribution in [3.8, 4) is 0 Å². The summed E-state index contributed by atoms with van der Waals surface area (Å²) in [6.07, 6.45) is 4.90. The molecule has 0 spiro atoms. The predicted octanol–water partition coefficient (Wildman–Crippen LogP) is 6.26. The molecule has 1 N–H and O–H groups in total. The molecule has 2 aromatic carbocycles. The molecule has 5 rings (SSSR count). The molecule has 2 heterocycles. The molecular weight excluding hydrogens is 492 g/mol. The molecule has 0 radical (unpaired) electrons. The normalized spacial score (nSPS) is 17.4. The van der Waals surface area contributed by atoms with E-state index in [1.54, 1.807) is 12.1 Å². The van der Waals surface area contributed by atoms with Crippen molar-refractivity contribution >= 4 is 29.1 Å². The van der Waals surface area contributed by atoms with Gasteiger partial charge in [-0.15, -0.1) is 0 Å². The largest absolute Gasteiger partial charge is 0.462 e. The molecule has 37 heavy (non-hydrogen) atoms. The number of rotatable bonds is 7. The molecule has 192 valence electrons. The van der Waals surface area contributed by atoms with Gasteiger partial charge in [0.1, 0.15) is 5.82 Å². The highest BCUT2D eigenvalue weighted by atomic mass is 35.5. The van der Waals surface area contributed by atoms with E-state index in [1.807, 2.05) is 49.0 Å². The highest BCUT2D eigenvalue weighted by molar-refractivity contribution is 6.30. The van der Waals surface area contributed by atoms with E-state index >= 15 is 0 Å². The summed E-state index contributed by atoms with van der Waals surface area (Å²) in [7, 11) is 1.89. The second-order valence-electron chi connectivity index (χ2n) is 9.71. The third kappa shape index (κ3) is 4.98. The van der Waals surface area contributed by atoms with E-state index in [2.05, 4.69) is 5.32 Å². The Bertz CT molecular complexity index is 1370. The van der Waals surface area contributed by atoms with E-state index in [-0.39, 0.29) is 12.3 Å². The number of esters is 1. The molecule has 0 saturated heterocycles. The van der Waals surface area contributed by atoms with Crippen molar-refractivity contribution in [2.45, 2.75) is 50.9 Å². The molecule has 1 unspecified atom stereocenters. The Balaban J connectivity index is 1.53. The molecule has 1 aromatic heterocycles. The molecule has 8 nitrogen and oxygen atoms in total. The van der Waals surface area contributed by atoms with Gasteiger partial charge in [-0.3, -0.25) is 14.8 Å². The number of ether oxygens (including phenoxy) is 1. The van der Waals surface area contributed by atoms with Crippen LogP contribution in [0.5, 0.6) is 0 Å². The molecule has 3 aromatic rings. The van der Waals surface area contributed by atoms with Gasteiger partial charge in [0.05, 0.1) is 22.8 Å². The Morgan fingerprint density at radius 3 is 2.65 bits per heavy atom. The Kier molecular flexibility index (Phi) is 7.02. The van der Waals surface area contributed by atoms with Crippen LogP contribution < -0.4 is 5.32 Å². The van der Waals surface area contributed by atoms with Gasteiger partial charge in [0.2, 0.25) is 0 Å². The number of halogens is 1. The lowest BCUT2D eigenvalue weighted by molar-refractivity contribution is -0.384. The number of fused-ring (bicyclic) bond motifs is 1. The van der Waals surface area contributed by atoms with Crippen molar-refractivity contribution in [2.75, 3.05) is 11.9 Å². The highest BCUT2D eigenvalue weighted by Gasteiger charge is 2.40. The second-order valence-corrected chi connectivity index (χ2v) is 10.2. The number of benzene rings is 2. The van der Waals surface area contributed by atoms with Crippen LogP contribution in [0.4, 0.5) is 11.5 Å². The summed E-state index contributed by atoms with van der Waals surface area (Å²) in [5, 5.41) is 20.5. The van der Waals surface area contributed by atoms with Crippen LogP contribution >= 0.6 is 11.6 Å². The molecule has 1 aliphatic carbocycles. The van der Waals surface area contributed by atoms with Gasteiger partial charge in [-0.1, -0.05) is 48.7 Å². The number of allylic oxidation sites excluding steroid dienone is 1. The summed E-state index contributed by atoms with van der Waals surface area (Å²) >= 11 is 5.97. The van der Waals surface area contributed by atoms with Crippen molar-refractivity contribution in [1.82, 2.24) is 9.78 Å². The molecule has 1 atom stereocenters. The number of nitrogens with one attached hydrogen (secondary N) is 1. The lowest BCUT2D eigenvalue weighted by Crippen LogP contribution is -2.26. The number of nitrogens with zero attached hydrogens (tertiary/aromatic N) is 3. The van der Waals surface area contributed by atoms with Gasteiger partial charge in [0.15, 0.2) is 0 Å². The number of aryl methyl sites for hydroxylation is 1. The molecule has 2 aliphatic rings. The predicted molar refractivity (Wildman–Crippen MR) is 142 cm³/mol. The monoisotopic (exact) mass is 520 g/mol. The third-order valence-corrected chi connectivity index (χ3v) is 7.56. The zero-order valence-corrected chi connectivity index (χ0v) is 21.6. The lowest BCUT2D eigenvalue weighted by atomic mass is 9.79. The maximum Gasteiger partial charge on any atom is 0.336 e. The third-order valence-electron chi connectivity index (χ3n) is 7.31. The number of carbonyl (C=O) groups excluding carboxylic acids is 1. The molecule has 1 saturated carbocycles. The second kappa shape index (κ2) is 10.4. The average Bonchev–Trinajstić information content (AvgIpc) is 3.53. The average molecular weight is 521 g/mol. The maximum absolute atomic E-state index is 13.6. The van der Waals surface area contributed by atoms with Crippen LogP contribution in [0.15, 0.2) is 59.8 Å². The number of hydrogen-bond acceptors (Lipinski definition) is 6. The number of nitro benzene ring substituents is 1. The smallest absolute Gasteiger partial charge is 0.336 e. The molecule has 1 aliphatic heterocycles. The molecular formula is C28H29ClN4O4. The zero-order valence-electron chi connectivity index (χ0n) is 20.9. The van der Waals surface area contributed by atoms with Crippen LogP contribution in [0, 0.1) is 10.1 Å². The van der Waals surface area contributed by atoms with E-state index in [9.17, 15) is 14.9 Å². The number of anilines is 1.